The maximum atomic E-state index is 13.2. The lowest BCUT2D eigenvalue weighted by Gasteiger charge is -2.41. The monoisotopic (exact) mass is 415 g/mol. The molecule has 0 aliphatic carbocycles. The van der Waals surface area contributed by atoms with Crippen molar-refractivity contribution in [2.75, 3.05) is 24.5 Å². The molecule has 1 amide bonds. The topological polar surface area (TPSA) is 56.4 Å². The highest BCUT2D eigenvalue weighted by Crippen LogP contribution is 2.29. The number of halogens is 2. The van der Waals surface area contributed by atoms with E-state index in [0.29, 0.717) is 40.8 Å². The van der Waals surface area contributed by atoms with Gasteiger partial charge in [-0.1, -0.05) is 41.4 Å². The van der Waals surface area contributed by atoms with Crippen LogP contribution in [-0.2, 0) is 0 Å². The van der Waals surface area contributed by atoms with Gasteiger partial charge in [-0.05, 0) is 31.2 Å². The molecule has 144 valence electrons. The van der Waals surface area contributed by atoms with Gasteiger partial charge in [0.15, 0.2) is 0 Å². The van der Waals surface area contributed by atoms with Gasteiger partial charge in [0.25, 0.3) is 5.91 Å². The van der Waals surface area contributed by atoms with Gasteiger partial charge in [0.2, 0.25) is 5.56 Å². The van der Waals surface area contributed by atoms with Crippen molar-refractivity contribution in [3.8, 4) is 0 Å². The molecule has 0 saturated carbocycles. The van der Waals surface area contributed by atoms with Crippen molar-refractivity contribution in [1.82, 2.24) is 9.88 Å². The Labute approximate surface area is 172 Å². The summed E-state index contributed by atoms with van der Waals surface area (Å²) >= 11 is 12.2. The van der Waals surface area contributed by atoms with Crippen LogP contribution in [0.4, 0.5) is 5.69 Å². The third kappa shape index (κ3) is 3.48. The van der Waals surface area contributed by atoms with Crippen molar-refractivity contribution in [3.63, 3.8) is 0 Å². The van der Waals surface area contributed by atoms with Crippen LogP contribution in [0.15, 0.2) is 53.3 Å². The van der Waals surface area contributed by atoms with Crippen molar-refractivity contribution in [1.29, 1.82) is 0 Å². The molecule has 1 unspecified atom stereocenters. The Bertz CT molecular complexity index is 1110. The first-order valence-corrected chi connectivity index (χ1v) is 9.82. The van der Waals surface area contributed by atoms with Crippen molar-refractivity contribution >= 4 is 45.7 Å². The number of anilines is 1. The summed E-state index contributed by atoms with van der Waals surface area (Å²) in [5.74, 6) is -0.122. The lowest BCUT2D eigenvalue weighted by molar-refractivity contribution is 0.0676. The van der Waals surface area contributed by atoms with Crippen LogP contribution in [0.2, 0.25) is 10.0 Å². The van der Waals surface area contributed by atoms with Crippen LogP contribution < -0.4 is 10.5 Å². The number of nitrogens with one attached hydrogen (secondary N) is 1. The maximum Gasteiger partial charge on any atom is 0.255 e. The van der Waals surface area contributed by atoms with Crippen LogP contribution in [0.25, 0.3) is 10.9 Å². The minimum atomic E-state index is -0.274. The van der Waals surface area contributed by atoms with Crippen LogP contribution in [0.3, 0.4) is 0 Å². The highest BCUT2D eigenvalue weighted by Gasteiger charge is 2.29. The van der Waals surface area contributed by atoms with E-state index in [4.69, 9.17) is 23.2 Å². The molecule has 2 heterocycles. The SMILES string of the molecule is CC1CN(c2ccc(Cl)c(Cl)c2)CCN1C(=O)c1cc(=O)[nH]c2ccccc12. The number of carbonyl (C=O) groups excluding carboxylic acids is 1. The second-order valence-corrected chi connectivity index (χ2v) is 7.80. The number of amides is 1. The van der Waals surface area contributed by atoms with Gasteiger partial charge in [0, 0.05) is 48.3 Å². The van der Waals surface area contributed by atoms with E-state index in [9.17, 15) is 9.59 Å². The molecule has 7 heteroatoms. The number of pyridine rings is 1. The number of aromatic nitrogens is 1. The molecule has 1 aromatic heterocycles. The fourth-order valence-corrected chi connectivity index (χ4v) is 4.00. The molecule has 1 aliphatic rings. The van der Waals surface area contributed by atoms with E-state index >= 15 is 0 Å². The summed E-state index contributed by atoms with van der Waals surface area (Å²) in [7, 11) is 0. The first-order chi connectivity index (χ1) is 13.4. The molecule has 1 aliphatic heterocycles. The minimum Gasteiger partial charge on any atom is -0.368 e. The number of benzene rings is 2. The molecule has 2 aromatic carbocycles. The molecule has 0 radical (unpaired) electrons. The third-order valence-corrected chi connectivity index (χ3v) is 5.88. The largest absolute Gasteiger partial charge is 0.368 e. The Morgan fingerprint density at radius 3 is 2.61 bits per heavy atom. The molecule has 1 fully saturated rings. The molecular weight excluding hydrogens is 397 g/mol. The predicted molar refractivity (Wildman–Crippen MR) is 114 cm³/mol. The van der Waals surface area contributed by atoms with Crippen LogP contribution in [0.1, 0.15) is 17.3 Å². The summed E-state index contributed by atoms with van der Waals surface area (Å²) in [6.07, 6.45) is 0. The van der Waals surface area contributed by atoms with Gasteiger partial charge in [0.1, 0.15) is 0 Å². The van der Waals surface area contributed by atoms with E-state index in [1.807, 2.05) is 42.2 Å². The summed E-state index contributed by atoms with van der Waals surface area (Å²) in [4.78, 5) is 32.0. The molecule has 4 rings (SSSR count). The lowest BCUT2D eigenvalue weighted by Crippen LogP contribution is -2.54. The average Bonchev–Trinajstić information content (AvgIpc) is 2.68. The van der Waals surface area contributed by atoms with Crippen LogP contribution in [0.5, 0.6) is 0 Å². The molecule has 1 N–H and O–H groups in total. The number of carbonyl (C=O) groups is 1. The van der Waals surface area contributed by atoms with Crippen molar-refractivity contribution in [2.45, 2.75) is 13.0 Å². The van der Waals surface area contributed by atoms with Crippen LogP contribution in [0, 0.1) is 0 Å². The molecule has 5 nitrogen and oxygen atoms in total. The van der Waals surface area contributed by atoms with Crippen LogP contribution >= 0.6 is 23.2 Å². The zero-order chi connectivity index (χ0) is 19.8. The molecular formula is C21H19Cl2N3O2. The quantitative estimate of drug-likeness (QED) is 0.682. The minimum absolute atomic E-state index is 0.0197. The van der Waals surface area contributed by atoms with E-state index in [-0.39, 0.29) is 17.5 Å². The van der Waals surface area contributed by atoms with Gasteiger partial charge in [-0.15, -0.1) is 0 Å². The first kappa shape index (κ1) is 18.8. The van der Waals surface area contributed by atoms with Gasteiger partial charge in [-0.3, -0.25) is 9.59 Å². The molecule has 1 atom stereocenters. The van der Waals surface area contributed by atoms with Gasteiger partial charge >= 0.3 is 0 Å². The number of aromatic amines is 1. The Morgan fingerprint density at radius 2 is 1.86 bits per heavy atom. The second-order valence-electron chi connectivity index (χ2n) is 6.98. The Morgan fingerprint density at radius 1 is 1.07 bits per heavy atom. The Balaban J connectivity index is 1.59. The first-order valence-electron chi connectivity index (χ1n) is 9.07. The standard InChI is InChI=1S/C21H19Cl2N3O2/c1-13-12-25(14-6-7-17(22)18(23)10-14)8-9-26(13)21(28)16-11-20(27)24-19-5-3-2-4-15(16)19/h2-7,10-11,13H,8-9,12H2,1H3,(H,24,27). The summed E-state index contributed by atoms with van der Waals surface area (Å²) in [6.45, 7) is 3.91. The summed E-state index contributed by atoms with van der Waals surface area (Å²) in [6, 6.07) is 14.3. The summed E-state index contributed by atoms with van der Waals surface area (Å²) < 4.78 is 0. The van der Waals surface area contributed by atoms with Crippen molar-refractivity contribution in [2.24, 2.45) is 0 Å². The molecule has 0 bridgehead atoms. The highest BCUT2D eigenvalue weighted by molar-refractivity contribution is 6.42. The van der Waals surface area contributed by atoms with E-state index in [1.54, 1.807) is 12.1 Å². The average molecular weight is 416 g/mol. The maximum absolute atomic E-state index is 13.2. The third-order valence-electron chi connectivity index (χ3n) is 5.14. The second kappa shape index (κ2) is 7.49. The number of nitrogens with zero attached hydrogens (tertiary/aromatic N) is 2. The normalized spacial score (nSPS) is 17.2. The molecule has 3 aromatic rings. The zero-order valence-corrected chi connectivity index (χ0v) is 16.8. The van der Waals surface area contributed by atoms with Crippen molar-refractivity contribution in [3.05, 3.63) is 74.5 Å². The van der Waals surface area contributed by atoms with E-state index in [1.165, 1.54) is 6.07 Å². The van der Waals surface area contributed by atoms with Gasteiger partial charge in [0.05, 0.1) is 15.6 Å². The number of rotatable bonds is 2. The number of hydrogen-bond acceptors (Lipinski definition) is 3. The highest BCUT2D eigenvalue weighted by atomic mass is 35.5. The summed E-state index contributed by atoms with van der Waals surface area (Å²) in [5.41, 5.74) is 1.81. The molecule has 1 saturated heterocycles. The number of hydrogen-bond donors (Lipinski definition) is 1. The predicted octanol–water partition coefficient (Wildman–Crippen LogP) is 4.19. The van der Waals surface area contributed by atoms with Gasteiger partial charge < -0.3 is 14.8 Å². The van der Waals surface area contributed by atoms with E-state index in [2.05, 4.69) is 9.88 Å². The van der Waals surface area contributed by atoms with E-state index < -0.39 is 0 Å². The number of fused-ring (bicyclic) bond motifs is 1. The van der Waals surface area contributed by atoms with E-state index in [0.717, 1.165) is 11.1 Å². The number of para-hydroxylation sites is 1. The van der Waals surface area contributed by atoms with Gasteiger partial charge in [-0.2, -0.15) is 0 Å². The van der Waals surface area contributed by atoms with Crippen LogP contribution in [-0.4, -0.2) is 41.5 Å². The fourth-order valence-electron chi connectivity index (χ4n) is 3.71. The summed E-state index contributed by atoms with van der Waals surface area (Å²) in [5, 5.41) is 1.79. The smallest absolute Gasteiger partial charge is 0.255 e. The van der Waals surface area contributed by atoms with Crippen molar-refractivity contribution < 1.29 is 4.79 Å². The molecule has 0 spiro atoms. The van der Waals surface area contributed by atoms with Gasteiger partial charge in [-0.25, -0.2) is 0 Å². The lowest BCUT2D eigenvalue weighted by atomic mass is 10.1. The molecule has 28 heavy (non-hydrogen) atoms. The zero-order valence-electron chi connectivity index (χ0n) is 15.3. The number of piperazine rings is 1. The fraction of sp³-hybridized carbons (Fsp3) is 0.238. The Kier molecular flexibility index (Phi) is 5.04. The Hall–Kier alpha value is -2.50. The number of H-pyrrole nitrogens is 1.